The van der Waals surface area contributed by atoms with E-state index < -0.39 is 15.8 Å². The summed E-state index contributed by atoms with van der Waals surface area (Å²) in [5.74, 6) is -0.292. The lowest BCUT2D eigenvalue weighted by Gasteiger charge is -2.09. The van der Waals surface area contributed by atoms with E-state index in [1.165, 1.54) is 36.4 Å². The summed E-state index contributed by atoms with van der Waals surface area (Å²) in [5.41, 5.74) is 2.13. The van der Waals surface area contributed by atoms with Gasteiger partial charge in [0.25, 0.3) is 0 Å². The quantitative estimate of drug-likeness (QED) is 0.614. The maximum absolute atomic E-state index is 12.9. The third-order valence-corrected chi connectivity index (χ3v) is 5.31. The monoisotopic (exact) mass is 403 g/mol. The van der Waals surface area contributed by atoms with Crippen molar-refractivity contribution in [3.63, 3.8) is 0 Å². The Morgan fingerprint density at radius 1 is 0.714 bits per heavy atom. The predicted octanol–water partition coefficient (Wildman–Crippen LogP) is 4.16. The summed E-state index contributed by atoms with van der Waals surface area (Å²) in [7, 11) is -3.54. The van der Waals surface area contributed by atoms with Crippen LogP contribution in [0.25, 0.3) is 0 Å². The van der Waals surface area contributed by atoms with Gasteiger partial charge in [-0.1, -0.05) is 36.4 Å². The van der Waals surface area contributed by atoms with E-state index >= 15 is 0 Å². The second-order valence-corrected chi connectivity index (χ2v) is 8.07. The van der Waals surface area contributed by atoms with E-state index in [0.717, 1.165) is 11.1 Å². The Morgan fingerprint density at radius 3 is 1.79 bits per heavy atom. The van der Waals surface area contributed by atoms with Crippen molar-refractivity contribution in [1.29, 1.82) is 0 Å². The number of rotatable bonds is 8. The van der Waals surface area contributed by atoms with Gasteiger partial charge in [0.1, 0.15) is 24.0 Å². The highest BCUT2D eigenvalue weighted by molar-refractivity contribution is 7.88. The normalized spacial score (nSPS) is 11.4. The molecule has 28 heavy (non-hydrogen) atoms. The third kappa shape index (κ3) is 6.14. The van der Waals surface area contributed by atoms with E-state index in [2.05, 4.69) is 4.72 Å². The van der Waals surface area contributed by atoms with Crippen LogP contribution in [0.1, 0.15) is 16.7 Å². The van der Waals surface area contributed by atoms with Gasteiger partial charge in [-0.25, -0.2) is 21.9 Å². The zero-order chi connectivity index (χ0) is 20.0. The van der Waals surface area contributed by atoms with Gasteiger partial charge in [0.15, 0.2) is 0 Å². The van der Waals surface area contributed by atoms with Gasteiger partial charge in [0, 0.05) is 6.54 Å². The number of hydrogen-bond acceptors (Lipinski definition) is 3. The number of halogens is 2. The van der Waals surface area contributed by atoms with Crippen molar-refractivity contribution in [2.75, 3.05) is 0 Å². The number of ether oxygens (including phenoxy) is 1. The van der Waals surface area contributed by atoms with Gasteiger partial charge in [-0.15, -0.1) is 0 Å². The van der Waals surface area contributed by atoms with Crippen LogP contribution in [-0.2, 0) is 28.9 Å². The van der Waals surface area contributed by atoms with Gasteiger partial charge in [0.2, 0.25) is 10.0 Å². The summed E-state index contributed by atoms with van der Waals surface area (Å²) in [6.45, 7) is 0.450. The van der Waals surface area contributed by atoms with E-state index in [0.29, 0.717) is 17.9 Å². The Hall–Kier alpha value is -2.77. The van der Waals surface area contributed by atoms with Crippen molar-refractivity contribution in [2.24, 2.45) is 0 Å². The van der Waals surface area contributed by atoms with Gasteiger partial charge in [0.05, 0.1) is 5.75 Å². The summed E-state index contributed by atoms with van der Waals surface area (Å²) in [5, 5.41) is 0. The van der Waals surface area contributed by atoms with E-state index in [4.69, 9.17) is 4.74 Å². The SMILES string of the molecule is O=S(=O)(Cc1ccc(F)cc1)NCc1ccc(OCc2ccc(F)cc2)cc1. The molecule has 0 aliphatic rings. The molecule has 0 spiro atoms. The van der Waals surface area contributed by atoms with E-state index in [-0.39, 0.29) is 18.1 Å². The molecule has 0 bridgehead atoms. The Kier molecular flexibility index (Phi) is 6.38. The number of benzene rings is 3. The van der Waals surface area contributed by atoms with Crippen LogP contribution in [0.4, 0.5) is 8.78 Å². The molecule has 3 aromatic carbocycles. The second kappa shape index (κ2) is 8.95. The highest BCUT2D eigenvalue weighted by atomic mass is 32.2. The van der Waals surface area contributed by atoms with Crippen LogP contribution in [0.3, 0.4) is 0 Å². The molecule has 0 heterocycles. The topological polar surface area (TPSA) is 55.4 Å². The van der Waals surface area contributed by atoms with Crippen molar-refractivity contribution in [3.8, 4) is 5.75 Å². The summed E-state index contributed by atoms with van der Waals surface area (Å²) in [6, 6.07) is 18.4. The minimum atomic E-state index is -3.54. The van der Waals surface area contributed by atoms with Gasteiger partial charge in [-0.2, -0.15) is 0 Å². The molecular formula is C21H19F2NO3S. The first kappa shape index (κ1) is 20.0. The van der Waals surface area contributed by atoms with Crippen LogP contribution in [0.5, 0.6) is 5.75 Å². The number of hydrogen-bond donors (Lipinski definition) is 1. The summed E-state index contributed by atoms with van der Waals surface area (Å²) in [4.78, 5) is 0. The maximum atomic E-state index is 12.9. The maximum Gasteiger partial charge on any atom is 0.216 e. The summed E-state index contributed by atoms with van der Waals surface area (Å²) >= 11 is 0. The van der Waals surface area contributed by atoms with Gasteiger partial charge >= 0.3 is 0 Å². The fraction of sp³-hybridized carbons (Fsp3) is 0.143. The first-order valence-electron chi connectivity index (χ1n) is 8.58. The molecule has 0 radical (unpaired) electrons. The molecule has 4 nitrogen and oxygen atoms in total. The fourth-order valence-corrected chi connectivity index (χ4v) is 3.62. The van der Waals surface area contributed by atoms with Crippen LogP contribution >= 0.6 is 0 Å². The lowest BCUT2D eigenvalue weighted by Crippen LogP contribution is -2.24. The molecular weight excluding hydrogens is 384 g/mol. The smallest absolute Gasteiger partial charge is 0.216 e. The molecule has 3 rings (SSSR count). The molecule has 0 saturated heterocycles. The number of sulfonamides is 1. The van der Waals surface area contributed by atoms with Crippen LogP contribution in [0.2, 0.25) is 0 Å². The number of nitrogens with one attached hydrogen (secondary N) is 1. The lowest BCUT2D eigenvalue weighted by atomic mass is 10.2. The minimum absolute atomic E-state index is 0.141. The van der Waals surface area contributed by atoms with Crippen LogP contribution in [-0.4, -0.2) is 8.42 Å². The summed E-state index contributed by atoms with van der Waals surface area (Å²) in [6.07, 6.45) is 0. The van der Waals surface area contributed by atoms with Crippen molar-refractivity contribution < 1.29 is 21.9 Å². The molecule has 0 atom stereocenters. The van der Waals surface area contributed by atoms with E-state index in [1.807, 2.05) is 0 Å². The van der Waals surface area contributed by atoms with Gasteiger partial charge < -0.3 is 4.74 Å². The largest absolute Gasteiger partial charge is 0.489 e. The van der Waals surface area contributed by atoms with Crippen molar-refractivity contribution in [2.45, 2.75) is 18.9 Å². The molecule has 0 fully saturated rings. The Morgan fingerprint density at radius 2 is 1.21 bits per heavy atom. The van der Waals surface area contributed by atoms with E-state index in [1.54, 1.807) is 36.4 Å². The Bertz CT molecular complexity index is 1000. The first-order chi connectivity index (χ1) is 13.4. The molecule has 0 saturated carbocycles. The standard InChI is InChI=1S/C21H19F2NO3S/c22-19-7-1-17(2-8-19)14-27-21-11-5-16(6-12-21)13-24-28(25,26)15-18-3-9-20(23)10-4-18/h1-12,24H,13-15H2. The van der Waals surface area contributed by atoms with Crippen LogP contribution < -0.4 is 9.46 Å². The Labute approximate surface area is 162 Å². The molecule has 7 heteroatoms. The second-order valence-electron chi connectivity index (χ2n) is 6.27. The lowest BCUT2D eigenvalue weighted by molar-refractivity contribution is 0.306. The highest BCUT2D eigenvalue weighted by Crippen LogP contribution is 2.15. The fourth-order valence-electron chi connectivity index (χ4n) is 2.50. The predicted molar refractivity (Wildman–Crippen MR) is 103 cm³/mol. The molecule has 3 aromatic rings. The molecule has 0 aliphatic carbocycles. The average molecular weight is 403 g/mol. The van der Waals surface area contributed by atoms with Gasteiger partial charge in [-0.05, 0) is 53.1 Å². The zero-order valence-electron chi connectivity index (χ0n) is 14.9. The third-order valence-electron chi connectivity index (χ3n) is 4.01. The minimum Gasteiger partial charge on any atom is -0.489 e. The molecule has 0 aromatic heterocycles. The van der Waals surface area contributed by atoms with Crippen LogP contribution in [0, 0.1) is 11.6 Å². The molecule has 1 N–H and O–H groups in total. The molecule has 0 aliphatic heterocycles. The van der Waals surface area contributed by atoms with Crippen molar-refractivity contribution in [3.05, 3.63) is 101 Å². The average Bonchev–Trinajstić information content (AvgIpc) is 2.68. The Balaban J connectivity index is 1.50. The first-order valence-corrected chi connectivity index (χ1v) is 10.2. The van der Waals surface area contributed by atoms with Crippen molar-refractivity contribution >= 4 is 10.0 Å². The van der Waals surface area contributed by atoms with Gasteiger partial charge in [-0.3, -0.25) is 0 Å². The zero-order valence-corrected chi connectivity index (χ0v) is 15.8. The summed E-state index contributed by atoms with van der Waals surface area (Å²) < 4.78 is 58.2. The van der Waals surface area contributed by atoms with E-state index in [9.17, 15) is 17.2 Å². The van der Waals surface area contributed by atoms with Crippen molar-refractivity contribution in [1.82, 2.24) is 4.72 Å². The molecule has 146 valence electrons. The van der Waals surface area contributed by atoms with Crippen LogP contribution in [0.15, 0.2) is 72.8 Å². The molecule has 0 unspecified atom stereocenters. The highest BCUT2D eigenvalue weighted by Gasteiger charge is 2.11. The molecule has 0 amide bonds.